The highest BCUT2D eigenvalue weighted by molar-refractivity contribution is 5.56. The molecule has 0 saturated carbocycles. The molecule has 4 heteroatoms. The van der Waals surface area contributed by atoms with Gasteiger partial charge in [-0.05, 0) is 30.2 Å². The SMILES string of the molecule is COc1ccc(/C=C/CNC(C)C(O)c2ccccc2)cc1OC. The first-order valence-electron chi connectivity index (χ1n) is 8.00. The van der Waals surface area contributed by atoms with Gasteiger partial charge in [0.05, 0.1) is 20.3 Å². The fourth-order valence-electron chi connectivity index (χ4n) is 2.46. The van der Waals surface area contributed by atoms with Crippen LogP contribution >= 0.6 is 0 Å². The lowest BCUT2D eigenvalue weighted by molar-refractivity contribution is 0.138. The molecule has 2 N–H and O–H groups in total. The van der Waals surface area contributed by atoms with Gasteiger partial charge < -0.3 is 19.9 Å². The Kier molecular flexibility index (Phi) is 6.85. The third-order valence-corrected chi connectivity index (χ3v) is 3.89. The Morgan fingerprint density at radius 2 is 1.75 bits per heavy atom. The van der Waals surface area contributed by atoms with Crippen molar-refractivity contribution in [1.82, 2.24) is 5.32 Å². The van der Waals surface area contributed by atoms with Gasteiger partial charge in [-0.25, -0.2) is 0 Å². The number of ether oxygens (including phenoxy) is 2. The molecule has 0 aromatic heterocycles. The molecule has 24 heavy (non-hydrogen) atoms. The van der Waals surface area contributed by atoms with E-state index in [2.05, 4.69) is 5.32 Å². The van der Waals surface area contributed by atoms with E-state index in [1.165, 1.54) is 0 Å². The molecule has 2 atom stereocenters. The predicted octanol–water partition coefficient (Wildman–Crippen LogP) is 3.43. The summed E-state index contributed by atoms with van der Waals surface area (Å²) in [6.07, 6.45) is 3.51. The first-order chi connectivity index (χ1) is 11.7. The smallest absolute Gasteiger partial charge is 0.161 e. The number of hydrogen-bond donors (Lipinski definition) is 2. The van der Waals surface area contributed by atoms with Crippen LogP contribution in [0.5, 0.6) is 11.5 Å². The molecule has 0 saturated heterocycles. The number of nitrogens with one attached hydrogen (secondary N) is 1. The Balaban J connectivity index is 1.88. The van der Waals surface area contributed by atoms with Crippen LogP contribution in [0, 0.1) is 0 Å². The minimum atomic E-state index is -0.527. The molecule has 4 nitrogen and oxygen atoms in total. The van der Waals surface area contributed by atoms with Gasteiger partial charge in [0.1, 0.15) is 0 Å². The molecule has 2 aromatic rings. The van der Waals surface area contributed by atoms with Crippen LogP contribution in [0.4, 0.5) is 0 Å². The largest absolute Gasteiger partial charge is 0.493 e. The molecule has 2 unspecified atom stereocenters. The molecule has 0 radical (unpaired) electrons. The Labute approximate surface area is 143 Å². The minimum Gasteiger partial charge on any atom is -0.493 e. The summed E-state index contributed by atoms with van der Waals surface area (Å²) < 4.78 is 10.5. The summed E-state index contributed by atoms with van der Waals surface area (Å²) in [6, 6.07) is 15.4. The van der Waals surface area contributed by atoms with E-state index in [0.29, 0.717) is 18.0 Å². The third kappa shape index (κ3) is 4.85. The summed E-state index contributed by atoms with van der Waals surface area (Å²) >= 11 is 0. The molecule has 2 aromatic carbocycles. The van der Waals surface area contributed by atoms with Crippen molar-refractivity contribution in [2.75, 3.05) is 20.8 Å². The normalized spacial score (nSPS) is 13.7. The van der Waals surface area contributed by atoms with Crippen molar-refractivity contribution >= 4 is 6.08 Å². The highest BCUT2D eigenvalue weighted by Gasteiger charge is 2.14. The predicted molar refractivity (Wildman–Crippen MR) is 97.4 cm³/mol. The summed E-state index contributed by atoms with van der Waals surface area (Å²) in [7, 11) is 3.25. The summed E-state index contributed by atoms with van der Waals surface area (Å²) in [5.74, 6) is 1.42. The van der Waals surface area contributed by atoms with E-state index in [1.54, 1.807) is 14.2 Å². The zero-order chi connectivity index (χ0) is 17.4. The number of aliphatic hydroxyl groups is 1. The van der Waals surface area contributed by atoms with Gasteiger partial charge in [-0.3, -0.25) is 0 Å². The number of aliphatic hydroxyl groups excluding tert-OH is 1. The van der Waals surface area contributed by atoms with Gasteiger partial charge in [-0.2, -0.15) is 0 Å². The van der Waals surface area contributed by atoms with Crippen LogP contribution in [-0.2, 0) is 0 Å². The Hall–Kier alpha value is -2.30. The standard InChI is InChI=1S/C20H25NO3/c1-15(20(22)17-9-5-4-6-10-17)21-13-7-8-16-11-12-18(23-2)19(14-16)24-3/h4-12,14-15,20-22H,13H2,1-3H3/b8-7+. The molecule has 2 rings (SSSR count). The molecule has 0 aliphatic carbocycles. The van der Waals surface area contributed by atoms with E-state index in [1.807, 2.05) is 67.6 Å². The second kappa shape index (κ2) is 9.11. The van der Waals surface area contributed by atoms with Gasteiger partial charge in [-0.15, -0.1) is 0 Å². The van der Waals surface area contributed by atoms with Crippen LogP contribution in [0.2, 0.25) is 0 Å². The van der Waals surface area contributed by atoms with Crippen molar-refractivity contribution in [3.05, 3.63) is 65.7 Å². The van der Waals surface area contributed by atoms with Crippen molar-refractivity contribution in [3.8, 4) is 11.5 Å². The number of rotatable bonds is 8. The van der Waals surface area contributed by atoms with E-state index in [4.69, 9.17) is 9.47 Å². The van der Waals surface area contributed by atoms with Gasteiger partial charge in [0, 0.05) is 12.6 Å². The third-order valence-electron chi connectivity index (χ3n) is 3.89. The van der Waals surface area contributed by atoms with Crippen LogP contribution in [0.25, 0.3) is 6.08 Å². The molecule has 0 heterocycles. The average Bonchev–Trinajstić information content (AvgIpc) is 2.64. The number of methoxy groups -OCH3 is 2. The average molecular weight is 327 g/mol. The highest BCUT2D eigenvalue weighted by Crippen LogP contribution is 2.27. The summed E-state index contributed by atoms with van der Waals surface area (Å²) in [6.45, 7) is 2.64. The first kappa shape index (κ1) is 18.0. The molecule has 0 spiro atoms. The van der Waals surface area contributed by atoms with Crippen LogP contribution < -0.4 is 14.8 Å². The minimum absolute atomic E-state index is 0.0394. The molecule has 0 aliphatic heterocycles. The van der Waals surface area contributed by atoms with Gasteiger partial charge >= 0.3 is 0 Å². The molecule has 0 bridgehead atoms. The molecular weight excluding hydrogens is 302 g/mol. The maximum absolute atomic E-state index is 10.3. The van der Waals surface area contributed by atoms with Gasteiger partial charge in [0.25, 0.3) is 0 Å². The lowest BCUT2D eigenvalue weighted by Gasteiger charge is -2.19. The maximum atomic E-state index is 10.3. The van der Waals surface area contributed by atoms with Crippen LogP contribution in [0.15, 0.2) is 54.6 Å². The zero-order valence-corrected chi connectivity index (χ0v) is 14.4. The monoisotopic (exact) mass is 327 g/mol. The van der Waals surface area contributed by atoms with E-state index >= 15 is 0 Å². The summed E-state index contributed by atoms with van der Waals surface area (Å²) in [4.78, 5) is 0. The second-order valence-corrected chi connectivity index (χ2v) is 5.57. The number of hydrogen-bond acceptors (Lipinski definition) is 4. The topological polar surface area (TPSA) is 50.7 Å². The van der Waals surface area contributed by atoms with E-state index in [-0.39, 0.29) is 6.04 Å². The van der Waals surface area contributed by atoms with Crippen LogP contribution in [-0.4, -0.2) is 31.9 Å². The maximum Gasteiger partial charge on any atom is 0.161 e. The Bertz CT molecular complexity index is 655. The van der Waals surface area contributed by atoms with Crippen molar-refractivity contribution in [1.29, 1.82) is 0 Å². The zero-order valence-electron chi connectivity index (χ0n) is 14.4. The van der Waals surface area contributed by atoms with Gasteiger partial charge in [-0.1, -0.05) is 48.6 Å². The molecule has 0 fully saturated rings. The van der Waals surface area contributed by atoms with Crippen molar-refractivity contribution in [2.45, 2.75) is 19.1 Å². The first-order valence-corrected chi connectivity index (χ1v) is 8.00. The second-order valence-electron chi connectivity index (χ2n) is 5.57. The fraction of sp³-hybridized carbons (Fsp3) is 0.300. The van der Waals surface area contributed by atoms with Crippen molar-refractivity contribution < 1.29 is 14.6 Å². The lowest BCUT2D eigenvalue weighted by Crippen LogP contribution is -2.32. The Morgan fingerprint density at radius 1 is 1.04 bits per heavy atom. The lowest BCUT2D eigenvalue weighted by atomic mass is 10.0. The number of benzene rings is 2. The fourth-order valence-corrected chi connectivity index (χ4v) is 2.46. The van der Waals surface area contributed by atoms with Crippen LogP contribution in [0.3, 0.4) is 0 Å². The van der Waals surface area contributed by atoms with E-state index in [9.17, 15) is 5.11 Å². The summed E-state index contributed by atoms with van der Waals surface area (Å²) in [5.41, 5.74) is 1.95. The van der Waals surface area contributed by atoms with Crippen molar-refractivity contribution in [2.24, 2.45) is 0 Å². The van der Waals surface area contributed by atoms with Crippen LogP contribution in [0.1, 0.15) is 24.2 Å². The van der Waals surface area contributed by atoms with Crippen molar-refractivity contribution in [3.63, 3.8) is 0 Å². The van der Waals surface area contributed by atoms with E-state index < -0.39 is 6.10 Å². The molecule has 128 valence electrons. The molecule has 0 amide bonds. The quantitative estimate of drug-likeness (QED) is 0.780. The molecule has 0 aliphatic rings. The summed E-state index contributed by atoms with van der Waals surface area (Å²) in [5, 5.41) is 13.6. The van der Waals surface area contributed by atoms with Gasteiger partial charge in [0.2, 0.25) is 0 Å². The van der Waals surface area contributed by atoms with Gasteiger partial charge in [0.15, 0.2) is 11.5 Å². The highest BCUT2D eigenvalue weighted by atomic mass is 16.5. The Morgan fingerprint density at radius 3 is 2.42 bits per heavy atom. The van der Waals surface area contributed by atoms with E-state index in [0.717, 1.165) is 11.1 Å². The molecular formula is C20H25NO3.